The molecule has 0 aliphatic rings. The van der Waals surface area contributed by atoms with E-state index in [1.165, 1.54) is 29.2 Å². The molecule has 83 valence electrons. The Morgan fingerprint density at radius 3 is 2.67 bits per heavy atom. The molecule has 0 N–H and O–H groups in total. The monoisotopic (exact) mass is 239 g/mol. The Morgan fingerprint density at radius 2 is 1.93 bits per heavy atom. The van der Waals surface area contributed by atoms with Gasteiger partial charge in [-0.3, -0.25) is 0 Å². The van der Waals surface area contributed by atoms with Gasteiger partial charge >= 0.3 is 0 Å². The van der Waals surface area contributed by atoms with Crippen LogP contribution in [0.25, 0.3) is 0 Å². The Labute approximate surface area is 102 Å². The molecule has 0 atom stereocenters. The van der Waals surface area contributed by atoms with Gasteiger partial charge < -0.3 is 0 Å². The van der Waals surface area contributed by atoms with E-state index in [0.717, 1.165) is 5.75 Å². The molecule has 1 radical (unpaired) electrons. The van der Waals surface area contributed by atoms with Gasteiger partial charge in [-0.2, -0.15) is 11.8 Å². The van der Waals surface area contributed by atoms with E-state index in [4.69, 9.17) is 0 Å². The average molecular weight is 239 g/mol. The largest absolute Gasteiger partial charge is 0.162 e. The Morgan fingerprint density at radius 1 is 1.13 bits per heavy atom. The summed E-state index contributed by atoms with van der Waals surface area (Å²) in [6, 6.07) is 10.6. The summed E-state index contributed by atoms with van der Waals surface area (Å²) < 4.78 is 0. The highest BCUT2D eigenvalue weighted by atomic mass is 32.2. The maximum absolute atomic E-state index is 2.39. The van der Waals surface area contributed by atoms with Crippen molar-refractivity contribution >= 4 is 23.5 Å². The molecule has 0 unspecified atom stereocenters. The van der Waals surface area contributed by atoms with Crippen LogP contribution in [0.4, 0.5) is 0 Å². The second kappa shape index (κ2) is 9.17. The Kier molecular flexibility index (Phi) is 7.94. The smallest absolute Gasteiger partial charge is 0.00720 e. The summed E-state index contributed by atoms with van der Waals surface area (Å²) in [7, 11) is 0. The molecule has 0 saturated carbocycles. The second-order valence-electron chi connectivity index (χ2n) is 3.31. The van der Waals surface area contributed by atoms with Crippen molar-refractivity contribution in [3.8, 4) is 0 Å². The molecule has 0 saturated heterocycles. The molecule has 1 aromatic carbocycles. The third-order valence-electron chi connectivity index (χ3n) is 1.93. The van der Waals surface area contributed by atoms with Crippen molar-refractivity contribution in [2.45, 2.75) is 24.7 Å². The van der Waals surface area contributed by atoms with Crippen molar-refractivity contribution in [2.24, 2.45) is 0 Å². The molecule has 15 heavy (non-hydrogen) atoms. The van der Waals surface area contributed by atoms with E-state index in [1.807, 2.05) is 11.8 Å². The van der Waals surface area contributed by atoms with Crippen LogP contribution in [0, 0.1) is 6.42 Å². The van der Waals surface area contributed by atoms with Crippen molar-refractivity contribution in [1.82, 2.24) is 0 Å². The van der Waals surface area contributed by atoms with Crippen LogP contribution in [0.5, 0.6) is 0 Å². The fourth-order valence-electron chi connectivity index (χ4n) is 1.17. The van der Waals surface area contributed by atoms with Gasteiger partial charge in [0.1, 0.15) is 0 Å². The summed E-state index contributed by atoms with van der Waals surface area (Å²) in [6.07, 6.45) is 4.92. The highest BCUT2D eigenvalue weighted by Crippen LogP contribution is 2.18. The summed E-state index contributed by atoms with van der Waals surface area (Å²) >= 11 is 3.98. The van der Waals surface area contributed by atoms with Crippen molar-refractivity contribution in [3.05, 3.63) is 36.8 Å². The highest BCUT2D eigenvalue weighted by Gasteiger charge is 1.93. The van der Waals surface area contributed by atoms with Crippen molar-refractivity contribution < 1.29 is 0 Å². The van der Waals surface area contributed by atoms with Gasteiger partial charge in [0.25, 0.3) is 0 Å². The number of thioether (sulfide) groups is 2. The molecule has 0 amide bonds. The van der Waals surface area contributed by atoms with Crippen LogP contribution in [-0.2, 0) is 0 Å². The molecule has 0 aliphatic heterocycles. The number of hydrogen-bond acceptors (Lipinski definition) is 2. The van der Waals surface area contributed by atoms with Crippen LogP contribution >= 0.6 is 23.5 Å². The fraction of sp³-hybridized carbons (Fsp3) is 0.462. The molecular weight excluding hydrogens is 220 g/mol. The molecule has 0 fully saturated rings. The molecule has 0 spiro atoms. The zero-order chi connectivity index (χ0) is 10.8. The zero-order valence-electron chi connectivity index (χ0n) is 9.32. The van der Waals surface area contributed by atoms with E-state index < -0.39 is 0 Å². The van der Waals surface area contributed by atoms with Gasteiger partial charge in [-0.1, -0.05) is 25.1 Å². The summed E-state index contributed by atoms with van der Waals surface area (Å²) in [6.45, 7) is 2.24. The van der Waals surface area contributed by atoms with Gasteiger partial charge in [-0.15, -0.1) is 11.8 Å². The van der Waals surface area contributed by atoms with Gasteiger partial charge in [0.05, 0.1) is 0 Å². The number of hydrogen-bond donors (Lipinski definition) is 0. The van der Waals surface area contributed by atoms with Crippen LogP contribution in [-0.4, -0.2) is 17.3 Å². The van der Waals surface area contributed by atoms with E-state index >= 15 is 0 Å². The Hall–Kier alpha value is -0.0800. The van der Waals surface area contributed by atoms with Gasteiger partial charge in [-0.25, -0.2) is 0 Å². The summed E-state index contributed by atoms with van der Waals surface area (Å²) in [5, 5.41) is 0. The fourth-order valence-corrected chi connectivity index (χ4v) is 2.82. The standard InChI is InChI=1S/C13H19S2/c1-2-10-14-11-6-7-12-15-13-8-4-3-5-9-13/h3-5,7-9H,2,6,10-12H2,1H3. The van der Waals surface area contributed by atoms with Crippen LogP contribution in [0.3, 0.4) is 0 Å². The van der Waals surface area contributed by atoms with E-state index in [2.05, 4.69) is 55.4 Å². The Bertz CT molecular complexity index is 234. The first kappa shape index (κ1) is 13.0. The first-order valence-corrected chi connectivity index (χ1v) is 7.64. The SMILES string of the molecule is CCCSCC[CH]CSc1ccccc1. The molecule has 0 bridgehead atoms. The predicted molar refractivity (Wildman–Crippen MR) is 73.7 cm³/mol. The van der Waals surface area contributed by atoms with Gasteiger partial charge in [-0.05, 0) is 42.9 Å². The normalized spacial score (nSPS) is 10.5. The molecule has 1 aromatic rings. The minimum absolute atomic E-state index is 1.14. The lowest BCUT2D eigenvalue weighted by molar-refractivity contribution is 1.08. The topological polar surface area (TPSA) is 0 Å². The third kappa shape index (κ3) is 6.91. The summed E-state index contributed by atoms with van der Waals surface area (Å²) in [4.78, 5) is 1.37. The van der Waals surface area contributed by atoms with Crippen LogP contribution in [0.15, 0.2) is 35.2 Å². The lowest BCUT2D eigenvalue weighted by atomic mass is 10.4. The zero-order valence-corrected chi connectivity index (χ0v) is 10.9. The predicted octanol–water partition coefficient (Wildman–Crippen LogP) is 4.52. The quantitative estimate of drug-likeness (QED) is 0.483. The summed E-state index contributed by atoms with van der Waals surface area (Å²) in [5.41, 5.74) is 0. The van der Waals surface area contributed by atoms with Gasteiger partial charge in [0, 0.05) is 10.6 Å². The molecule has 2 heteroatoms. The highest BCUT2D eigenvalue weighted by molar-refractivity contribution is 7.99. The number of benzene rings is 1. The molecule has 0 aliphatic carbocycles. The first-order chi connectivity index (χ1) is 7.43. The van der Waals surface area contributed by atoms with Gasteiger partial charge in [0.2, 0.25) is 0 Å². The van der Waals surface area contributed by atoms with E-state index in [-0.39, 0.29) is 0 Å². The third-order valence-corrected chi connectivity index (χ3v) is 4.15. The maximum Gasteiger partial charge on any atom is 0.00720 e. The molecule has 1 rings (SSSR count). The lowest BCUT2D eigenvalue weighted by Crippen LogP contribution is -1.86. The lowest BCUT2D eigenvalue weighted by Gasteiger charge is -2.01. The van der Waals surface area contributed by atoms with Crippen LogP contribution < -0.4 is 0 Å². The second-order valence-corrected chi connectivity index (χ2v) is 5.63. The summed E-state index contributed by atoms with van der Waals surface area (Å²) in [5.74, 6) is 3.72. The van der Waals surface area contributed by atoms with Crippen molar-refractivity contribution in [3.63, 3.8) is 0 Å². The van der Waals surface area contributed by atoms with Crippen LogP contribution in [0.1, 0.15) is 19.8 Å². The Balaban J connectivity index is 1.93. The molecule has 0 aromatic heterocycles. The maximum atomic E-state index is 2.39. The van der Waals surface area contributed by atoms with E-state index in [9.17, 15) is 0 Å². The molecular formula is C13H19S2. The van der Waals surface area contributed by atoms with Gasteiger partial charge in [0.15, 0.2) is 0 Å². The first-order valence-electron chi connectivity index (χ1n) is 5.50. The average Bonchev–Trinajstić information content (AvgIpc) is 2.29. The number of unbranched alkanes of at least 4 members (excludes halogenated alkanes) is 1. The van der Waals surface area contributed by atoms with Crippen molar-refractivity contribution in [1.29, 1.82) is 0 Å². The van der Waals surface area contributed by atoms with E-state index in [1.54, 1.807) is 0 Å². The molecule has 0 nitrogen and oxygen atoms in total. The molecule has 0 heterocycles. The number of rotatable bonds is 8. The minimum atomic E-state index is 1.14. The van der Waals surface area contributed by atoms with Crippen LogP contribution in [0.2, 0.25) is 0 Å². The van der Waals surface area contributed by atoms with E-state index in [0.29, 0.717) is 0 Å². The minimum Gasteiger partial charge on any atom is -0.162 e. The van der Waals surface area contributed by atoms with Crippen molar-refractivity contribution in [2.75, 3.05) is 17.3 Å².